The lowest BCUT2D eigenvalue weighted by molar-refractivity contribution is -0.185. The van der Waals surface area contributed by atoms with Crippen LogP contribution in [0.1, 0.15) is 11.1 Å². The summed E-state index contributed by atoms with van der Waals surface area (Å²) >= 11 is 0. The molecule has 2 aromatic carbocycles. The number of esters is 3. The minimum absolute atomic E-state index is 0.255. The van der Waals surface area contributed by atoms with Crippen LogP contribution < -0.4 is 0 Å². The van der Waals surface area contributed by atoms with E-state index in [-0.39, 0.29) is 11.1 Å². The molecule has 0 spiro atoms. The number of aliphatic carboxylic acids is 1. The second-order valence-electron chi connectivity index (χ2n) is 6.74. The van der Waals surface area contributed by atoms with E-state index >= 15 is 0 Å². The predicted molar refractivity (Wildman–Crippen MR) is 117 cm³/mol. The monoisotopic (exact) mass is 488 g/mol. The first-order chi connectivity index (χ1) is 16.5. The normalized spacial score (nSPS) is 12.7. The average Bonchev–Trinajstić information content (AvgIpc) is 2.82. The number of aromatic hydroxyl groups is 4. The van der Waals surface area contributed by atoms with Crippen LogP contribution in [-0.2, 0) is 33.4 Å². The van der Waals surface area contributed by atoms with Gasteiger partial charge in [-0.15, -0.1) is 0 Å². The van der Waals surface area contributed by atoms with Crippen LogP contribution >= 0.6 is 0 Å². The lowest BCUT2D eigenvalue weighted by atomic mass is 10.2. The Morgan fingerprint density at radius 1 is 0.714 bits per heavy atom. The van der Waals surface area contributed by atoms with E-state index < -0.39 is 59.1 Å². The quantitative estimate of drug-likeness (QED) is 0.147. The number of hydrogen-bond donors (Lipinski definition) is 5. The number of phenolic OH excluding ortho intramolecular Hbond substituents is 4. The first-order valence-electron chi connectivity index (χ1n) is 9.63. The van der Waals surface area contributed by atoms with Crippen molar-refractivity contribution in [3.05, 3.63) is 59.7 Å². The van der Waals surface area contributed by atoms with Crippen LogP contribution in [0.3, 0.4) is 0 Å². The molecule has 0 bridgehead atoms. The second kappa shape index (κ2) is 11.7. The maximum absolute atomic E-state index is 12.2. The Labute approximate surface area is 197 Å². The molecule has 0 amide bonds. The zero-order valence-corrected chi connectivity index (χ0v) is 18.0. The van der Waals surface area contributed by atoms with Gasteiger partial charge in [0, 0.05) is 12.2 Å². The fourth-order valence-corrected chi connectivity index (χ4v) is 2.54. The van der Waals surface area contributed by atoms with Gasteiger partial charge in [0.25, 0.3) is 0 Å². The number of benzene rings is 2. The van der Waals surface area contributed by atoms with Crippen LogP contribution in [0.5, 0.6) is 23.0 Å². The maximum atomic E-state index is 12.2. The van der Waals surface area contributed by atoms with Crippen LogP contribution in [0.15, 0.2) is 48.6 Å². The number of hydrogen-bond acceptors (Lipinski definition) is 11. The molecule has 12 nitrogen and oxygen atoms in total. The van der Waals surface area contributed by atoms with Gasteiger partial charge in [-0.3, -0.25) is 0 Å². The second-order valence-corrected chi connectivity index (χ2v) is 6.74. The third-order valence-electron chi connectivity index (χ3n) is 4.26. The zero-order chi connectivity index (χ0) is 26.1. The molecule has 35 heavy (non-hydrogen) atoms. The van der Waals surface area contributed by atoms with Crippen molar-refractivity contribution in [2.45, 2.75) is 12.2 Å². The fraction of sp³-hybridized carbons (Fsp3) is 0.130. The van der Waals surface area contributed by atoms with E-state index in [2.05, 4.69) is 4.74 Å². The number of carboxylic acids is 1. The van der Waals surface area contributed by atoms with E-state index in [9.17, 15) is 44.7 Å². The molecule has 0 aromatic heterocycles. The number of carboxylic acid groups (broad SMARTS) is 1. The molecule has 0 saturated carbocycles. The van der Waals surface area contributed by atoms with Crippen molar-refractivity contribution in [3.8, 4) is 23.0 Å². The summed E-state index contributed by atoms with van der Waals surface area (Å²) in [6.07, 6.45) is -0.571. The SMILES string of the molecule is COC(=O)[C@H](OC(=O)/C=C/c1ccc(O)c(O)c1)[C@@H](OC(=O)/C=C/c1ccc(O)c(O)c1)C(=O)O. The molecule has 0 aliphatic carbocycles. The Hall–Kier alpha value is -5.00. The number of carbonyl (C=O) groups is 4. The van der Waals surface area contributed by atoms with E-state index in [4.69, 9.17) is 9.47 Å². The van der Waals surface area contributed by atoms with Crippen LogP contribution in [-0.4, -0.2) is 68.7 Å². The molecule has 0 fully saturated rings. The van der Waals surface area contributed by atoms with Crippen molar-refractivity contribution in [3.63, 3.8) is 0 Å². The topological polar surface area (TPSA) is 197 Å². The smallest absolute Gasteiger partial charge is 0.351 e. The van der Waals surface area contributed by atoms with E-state index in [0.717, 1.165) is 55.7 Å². The fourth-order valence-electron chi connectivity index (χ4n) is 2.54. The largest absolute Gasteiger partial charge is 0.504 e. The Morgan fingerprint density at radius 2 is 1.14 bits per heavy atom. The Morgan fingerprint density at radius 3 is 1.51 bits per heavy atom. The minimum atomic E-state index is -2.28. The van der Waals surface area contributed by atoms with Gasteiger partial charge in [-0.05, 0) is 47.5 Å². The molecule has 0 aliphatic rings. The molecule has 2 rings (SSSR count). The zero-order valence-electron chi connectivity index (χ0n) is 18.0. The van der Waals surface area contributed by atoms with E-state index in [1.165, 1.54) is 12.1 Å². The first kappa shape index (κ1) is 26.3. The third kappa shape index (κ3) is 7.53. The summed E-state index contributed by atoms with van der Waals surface area (Å²) in [6.45, 7) is 0. The lowest BCUT2D eigenvalue weighted by Gasteiger charge is -2.21. The number of methoxy groups -OCH3 is 1. The number of phenols is 4. The Kier molecular flexibility index (Phi) is 8.81. The van der Waals surface area contributed by atoms with Crippen LogP contribution in [0.4, 0.5) is 0 Å². The van der Waals surface area contributed by atoms with Gasteiger partial charge in [0.1, 0.15) is 0 Å². The summed E-state index contributed by atoms with van der Waals surface area (Å²) in [5.74, 6) is -7.27. The van der Waals surface area contributed by atoms with E-state index in [0.29, 0.717) is 0 Å². The molecular formula is C23H20O12. The highest BCUT2D eigenvalue weighted by Gasteiger charge is 2.40. The van der Waals surface area contributed by atoms with Gasteiger partial charge in [0.05, 0.1) is 7.11 Å². The standard InChI is InChI=1S/C23H20O12/c1-33-23(32)21(35-19(29)9-5-13-3-7-15(25)17(27)11-13)20(22(30)31)34-18(28)8-4-12-2-6-14(24)16(26)10-12/h2-11,20-21,24-27H,1H3,(H,30,31)/b8-4+,9-5+/t20-,21-/m1/s1. The molecule has 5 N–H and O–H groups in total. The highest BCUT2D eigenvalue weighted by molar-refractivity contribution is 5.94. The van der Waals surface area contributed by atoms with Gasteiger partial charge < -0.3 is 39.7 Å². The van der Waals surface area contributed by atoms with Gasteiger partial charge in [-0.2, -0.15) is 0 Å². The van der Waals surface area contributed by atoms with Gasteiger partial charge in [0.15, 0.2) is 23.0 Å². The highest BCUT2D eigenvalue weighted by atomic mass is 16.6. The number of rotatable bonds is 9. The molecule has 0 aliphatic heterocycles. The van der Waals surface area contributed by atoms with Gasteiger partial charge >= 0.3 is 23.9 Å². The molecule has 0 heterocycles. The minimum Gasteiger partial charge on any atom is -0.504 e. The number of carbonyl (C=O) groups excluding carboxylic acids is 3. The van der Waals surface area contributed by atoms with Crippen molar-refractivity contribution >= 4 is 36.0 Å². The van der Waals surface area contributed by atoms with Crippen molar-refractivity contribution < 1.29 is 58.9 Å². The Bertz CT molecular complexity index is 1180. The average molecular weight is 488 g/mol. The van der Waals surface area contributed by atoms with Gasteiger partial charge in [0.2, 0.25) is 12.2 Å². The molecule has 0 radical (unpaired) electrons. The van der Waals surface area contributed by atoms with Crippen molar-refractivity contribution in [1.29, 1.82) is 0 Å². The molecular weight excluding hydrogens is 468 g/mol. The van der Waals surface area contributed by atoms with E-state index in [1.54, 1.807) is 0 Å². The molecule has 2 atom stereocenters. The van der Waals surface area contributed by atoms with E-state index in [1.807, 2.05) is 0 Å². The molecule has 2 aromatic rings. The predicted octanol–water partition coefficient (Wildman–Crippen LogP) is 1.32. The Balaban J connectivity index is 2.16. The van der Waals surface area contributed by atoms with Crippen LogP contribution in [0.2, 0.25) is 0 Å². The maximum Gasteiger partial charge on any atom is 0.351 e. The molecule has 184 valence electrons. The highest BCUT2D eigenvalue weighted by Crippen LogP contribution is 2.26. The summed E-state index contributed by atoms with van der Waals surface area (Å²) < 4.78 is 14.1. The van der Waals surface area contributed by atoms with Gasteiger partial charge in [-0.25, -0.2) is 19.2 Å². The molecule has 0 saturated heterocycles. The summed E-state index contributed by atoms with van der Waals surface area (Å²) in [5.41, 5.74) is 0.518. The summed E-state index contributed by atoms with van der Waals surface area (Å²) in [5, 5.41) is 47.0. The van der Waals surface area contributed by atoms with Gasteiger partial charge in [-0.1, -0.05) is 12.1 Å². The third-order valence-corrected chi connectivity index (χ3v) is 4.26. The lowest BCUT2D eigenvalue weighted by Crippen LogP contribution is -2.46. The van der Waals surface area contributed by atoms with Crippen LogP contribution in [0, 0.1) is 0 Å². The summed E-state index contributed by atoms with van der Waals surface area (Å²) in [6, 6.07) is 7.24. The van der Waals surface area contributed by atoms with Crippen molar-refractivity contribution in [1.82, 2.24) is 0 Å². The summed E-state index contributed by atoms with van der Waals surface area (Å²) in [4.78, 5) is 48.0. The summed E-state index contributed by atoms with van der Waals surface area (Å²) in [7, 11) is 0.899. The van der Waals surface area contributed by atoms with Crippen molar-refractivity contribution in [2.75, 3.05) is 7.11 Å². The molecule has 0 unspecified atom stereocenters. The molecule has 12 heteroatoms. The number of ether oxygens (including phenoxy) is 3. The van der Waals surface area contributed by atoms with Crippen LogP contribution in [0.25, 0.3) is 12.2 Å². The van der Waals surface area contributed by atoms with Crippen molar-refractivity contribution in [2.24, 2.45) is 0 Å². The first-order valence-corrected chi connectivity index (χ1v) is 9.63.